The molecule has 14 heteroatoms. The van der Waals surface area contributed by atoms with Crippen molar-refractivity contribution in [3.05, 3.63) is 48.1 Å². The van der Waals surface area contributed by atoms with E-state index in [2.05, 4.69) is 27.7 Å². The smallest absolute Gasteiger partial charge is 0.358 e. The summed E-state index contributed by atoms with van der Waals surface area (Å²) in [7, 11) is 1.38. The highest BCUT2D eigenvalue weighted by Gasteiger charge is 2.29. The molecule has 0 radical (unpaired) electrons. The molecule has 1 aliphatic carbocycles. The number of hydrogen-bond acceptors (Lipinski definition) is 8. The predicted octanol–water partition coefficient (Wildman–Crippen LogP) is 4.14. The van der Waals surface area contributed by atoms with Crippen LogP contribution in [0.3, 0.4) is 0 Å². The second-order valence-corrected chi connectivity index (χ2v) is 6.72. The van der Waals surface area contributed by atoms with Crippen LogP contribution in [0.15, 0.2) is 12.4 Å². The summed E-state index contributed by atoms with van der Waals surface area (Å²) in [6.07, 6.45) is 6.44. The number of aromatic nitrogens is 4. The first kappa shape index (κ1) is 22.4. The van der Waals surface area contributed by atoms with E-state index < -0.39 is 21.4 Å². The van der Waals surface area contributed by atoms with Crippen molar-refractivity contribution in [1.82, 2.24) is 19.7 Å². The van der Waals surface area contributed by atoms with Gasteiger partial charge in [0, 0.05) is 5.25 Å². The molecule has 0 aliphatic heterocycles. The van der Waals surface area contributed by atoms with Crippen molar-refractivity contribution in [3.8, 4) is 0 Å². The quantitative estimate of drug-likeness (QED) is 0.242. The summed E-state index contributed by atoms with van der Waals surface area (Å²) < 4.78 is 1.02. The number of rotatable bonds is 2. The molecule has 1 saturated carbocycles. The van der Waals surface area contributed by atoms with Crippen molar-refractivity contribution in [2.45, 2.75) is 24.5 Å². The monoisotopic (exact) mass is 442 g/mol. The van der Waals surface area contributed by atoms with Crippen LogP contribution in [-0.4, -0.2) is 34.8 Å². The molecule has 0 bridgehead atoms. The van der Waals surface area contributed by atoms with E-state index >= 15 is 0 Å². The highest BCUT2D eigenvalue weighted by Crippen LogP contribution is 2.23. The number of nitro groups is 2. The van der Waals surface area contributed by atoms with Gasteiger partial charge in [0.05, 0.1) is 28.3 Å². The number of nitrogens with zero attached hydrogens (tertiary/aromatic N) is 6. The Morgan fingerprint density at radius 2 is 1.81 bits per heavy atom. The Bertz CT molecular complexity index is 755. The maximum absolute atomic E-state index is 10.2. The normalized spacial score (nSPS) is 12.8. The van der Waals surface area contributed by atoms with E-state index in [9.17, 15) is 20.2 Å². The van der Waals surface area contributed by atoms with Crippen molar-refractivity contribution in [2.75, 3.05) is 0 Å². The number of halogens is 3. The molecule has 0 amide bonds. The maximum Gasteiger partial charge on any atom is 0.467 e. The van der Waals surface area contributed by atoms with Crippen molar-refractivity contribution < 1.29 is 9.85 Å². The molecule has 0 spiro atoms. The van der Waals surface area contributed by atoms with Gasteiger partial charge in [-0.3, -0.25) is 10.1 Å². The van der Waals surface area contributed by atoms with Crippen LogP contribution < -0.4 is 0 Å². The van der Waals surface area contributed by atoms with Crippen molar-refractivity contribution in [3.63, 3.8) is 0 Å². The van der Waals surface area contributed by atoms with Gasteiger partial charge in [-0.15, -0.1) is 0 Å². The second kappa shape index (κ2) is 10.5. The molecule has 2 heterocycles. The molecule has 10 nitrogen and oxygen atoms in total. The molecule has 2 aromatic heterocycles. The summed E-state index contributed by atoms with van der Waals surface area (Å²) in [5.74, 6) is -0.734. The molecule has 142 valence electrons. The van der Waals surface area contributed by atoms with Crippen LogP contribution in [0, 0.1) is 20.2 Å². The van der Waals surface area contributed by atoms with Crippen LogP contribution in [-0.2, 0) is 7.05 Å². The van der Waals surface area contributed by atoms with E-state index in [0.29, 0.717) is 5.02 Å². The highest BCUT2D eigenvalue weighted by atomic mass is 35.5. The zero-order valence-electron chi connectivity index (χ0n) is 13.3. The molecule has 26 heavy (non-hydrogen) atoms. The fourth-order valence-corrected chi connectivity index (χ4v) is 2.20. The van der Waals surface area contributed by atoms with Crippen LogP contribution in [0.25, 0.3) is 0 Å². The van der Waals surface area contributed by atoms with E-state index in [1.54, 1.807) is 0 Å². The van der Waals surface area contributed by atoms with Gasteiger partial charge >= 0.3 is 11.5 Å². The minimum absolute atomic E-state index is 0.101. The first-order chi connectivity index (χ1) is 12.1. The van der Waals surface area contributed by atoms with Crippen LogP contribution in [0.5, 0.6) is 0 Å². The molecule has 1 aliphatic rings. The van der Waals surface area contributed by atoms with Crippen LogP contribution in [0.4, 0.5) is 11.5 Å². The lowest BCUT2D eigenvalue weighted by atomic mass is 10.0. The lowest BCUT2D eigenvalue weighted by Gasteiger charge is -2.17. The van der Waals surface area contributed by atoms with Gasteiger partial charge < -0.3 is 10.1 Å². The third kappa shape index (κ3) is 7.28. The predicted molar refractivity (Wildman–Crippen MR) is 100 cm³/mol. The van der Waals surface area contributed by atoms with Crippen LogP contribution in [0.1, 0.15) is 19.3 Å². The fraction of sp³-hybridized carbons (Fsp3) is 0.417. The summed E-state index contributed by atoms with van der Waals surface area (Å²) in [6.45, 7) is 0. The zero-order chi connectivity index (χ0) is 19.9. The third-order valence-corrected chi connectivity index (χ3v) is 4.27. The van der Waals surface area contributed by atoms with Gasteiger partial charge in [0.15, 0.2) is 5.15 Å². The first-order valence-electron chi connectivity index (χ1n) is 6.95. The largest absolute Gasteiger partial charge is 0.467 e. The van der Waals surface area contributed by atoms with Gasteiger partial charge in [0.25, 0.3) is 0 Å². The summed E-state index contributed by atoms with van der Waals surface area (Å²) >= 11 is 20.4. The minimum Gasteiger partial charge on any atom is -0.358 e. The molecular formula is C12H13Cl3N6O4S. The van der Waals surface area contributed by atoms with Gasteiger partial charge in [-0.25, -0.2) is 9.97 Å². The number of aryl methyl sites for hydroxylation is 1. The summed E-state index contributed by atoms with van der Waals surface area (Å²) in [5, 5.41) is 25.0. The molecule has 0 unspecified atom stereocenters. The topological polar surface area (TPSA) is 130 Å². The van der Waals surface area contributed by atoms with Gasteiger partial charge in [-0.05, 0) is 29.4 Å². The Kier molecular flexibility index (Phi) is 8.99. The Hall–Kier alpha value is -1.69. The Labute approximate surface area is 168 Å². The molecular weight excluding hydrogens is 431 g/mol. The third-order valence-electron chi connectivity index (χ3n) is 2.91. The summed E-state index contributed by atoms with van der Waals surface area (Å²) in [4.78, 5) is 25.8. The highest BCUT2D eigenvalue weighted by molar-refractivity contribution is 7.81. The first-order valence-corrected chi connectivity index (χ1v) is 8.60. The van der Waals surface area contributed by atoms with E-state index in [4.69, 9.17) is 34.8 Å². The van der Waals surface area contributed by atoms with Crippen molar-refractivity contribution in [2.24, 2.45) is 7.05 Å². The molecule has 2 aromatic rings. The minimum atomic E-state index is -0.891. The van der Waals surface area contributed by atoms with E-state index in [-0.39, 0.29) is 10.4 Å². The molecule has 0 N–H and O–H groups in total. The van der Waals surface area contributed by atoms with Gasteiger partial charge in [-0.2, -0.15) is 17.3 Å². The van der Waals surface area contributed by atoms with E-state index in [0.717, 1.165) is 16.1 Å². The Morgan fingerprint density at radius 1 is 1.23 bits per heavy atom. The molecule has 3 rings (SSSR count). The van der Waals surface area contributed by atoms with Gasteiger partial charge in [-0.1, -0.05) is 29.6 Å². The lowest BCUT2D eigenvalue weighted by molar-refractivity contribution is -0.424. The average Bonchev–Trinajstić information content (AvgIpc) is 2.93. The molecule has 0 aromatic carbocycles. The zero-order valence-corrected chi connectivity index (χ0v) is 16.4. The second-order valence-electron chi connectivity index (χ2n) is 4.89. The molecule has 0 saturated heterocycles. The van der Waals surface area contributed by atoms with Crippen molar-refractivity contribution >= 4 is 58.9 Å². The Morgan fingerprint density at radius 3 is 2.12 bits per heavy atom. The number of hydrogen-bond donors (Lipinski definition) is 1. The van der Waals surface area contributed by atoms with Crippen molar-refractivity contribution in [1.29, 1.82) is 0 Å². The summed E-state index contributed by atoms with van der Waals surface area (Å²) in [5.41, 5.74) is -0.595. The summed E-state index contributed by atoms with van der Waals surface area (Å²) in [6, 6.07) is 0. The Balaban J connectivity index is 0.000000211. The van der Waals surface area contributed by atoms with Crippen LogP contribution >= 0.6 is 47.4 Å². The standard InChI is InChI=1S/C4HCl3N2.C4H4N4O4.C4H8S/c5-2-1-8-4(7)9-3(2)6;1-6-2-3(7(9)10)4(5-6)8(11)12;5-4-2-1-3-4/h1H;2H,1H3;4-5H,1-3H2. The van der Waals surface area contributed by atoms with Gasteiger partial charge in [0.2, 0.25) is 5.28 Å². The maximum atomic E-state index is 10.2. The van der Waals surface area contributed by atoms with Crippen LogP contribution in [0.2, 0.25) is 15.5 Å². The van der Waals surface area contributed by atoms with Gasteiger partial charge in [0.1, 0.15) is 6.20 Å². The van der Waals surface area contributed by atoms with E-state index in [1.165, 1.54) is 32.5 Å². The molecule has 1 fully saturated rings. The SMILES string of the molecule is Clc1ncc(Cl)c(Cl)n1.Cn1cc([N+](=O)[O-])c([N+](=O)[O-])n1.SC1CCC1. The fourth-order valence-electron chi connectivity index (χ4n) is 1.44. The number of thiol groups is 1. The van der Waals surface area contributed by atoms with E-state index in [1.807, 2.05) is 0 Å². The average molecular weight is 444 g/mol. The lowest BCUT2D eigenvalue weighted by Crippen LogP contribution is -2.08. The molecule has 0 atom stereocenters.